The van der Waals surface area contributed by atoms with Crippen molar-refractivity contribution in [2.24, 2.45) is 5.73 Å². The van der Waals surface area contributed by atoms with Gasteiger partial charge < -0.3 is 15.4 Å². The van der Waals surface area contributed by atoms with Gasteiger partial charge in [-0.1, -0.05) is 17.7 Å². The van der Waals surface area contributed by atoms with Crippen LogP contribution in [0.15, 0.2) is 18.2 Å². The van der Waals surface area contributed by atoms with Crippen molar-refractivity contribution in [3.8, 4) is 5.75 Å². The van der Waals surface area contributed by atoms with Gasteiger partial charge in [-0.05, 0) is 51.6 Å². The van der Waals surface area contributed by atoms with Crippen LogP contribution in [0.1, 0.15) is 18.9 Å². The van der Waals surface area contributed by atoms with Crippen LogP contribution in [0.2, 0.25) is 5.02 Å². The first-order valence-corrected chi connectivity index (χ1v) is 6.68. The normalized spacial score (nSPS) is 12.8. The maximum absolute atomic E-state index is 6.18. The maximum atomic E-state index is 6.18. The van der Waals surface area contributed by atoms with E-state index in [-0.39, 0.29) is 6.04 Å². The van der Waals surface area contributed by atoms with Crippen LogP contribution in [0, 0.1) is 0 Å². The van der Waals surface area contributed by atoms with Crippen LogP contribution in [0.4, 0.5) is 0 Å². The lowest BCUT2D eigenvalue weighted by Crippen LogP contribution is -2.17. The molecule has 3 nitrogen and oxygen atoms in total. The molecule has 1 atom stereocenters. The summed E-state index contributed by atoms with van der Waals surface area (Å²) in [5, 5.41) is 0.665. The zero-order valence-corrected chi connectivity index (χ0v) is 12.2. The van der Waals surface area contributed by atoms with Gasteiger partial charge in [0.15, 0.2) is 0 Å². The van der Waals surface area contributed by atoms with Crippen molar-refractivity contribution in [2.75, 3.05) is 27.2 Å². The molecule has 1 aromatic carbocycles. The molecule has 0 amide bonds. The summed E-state index contributed by atoms with van der Waals surface area (Å²) in [7, 11) is 4.10. The average Bonchev–Trinajstić information content (AvgIpc) is 2.25. The van der Waals surface area contributed by atoms with Gasteiger partial charge in [0.2, 0.25) is 0 Å². The smallest absolute Gasteiger partial charge is 0.137 e. The monoisotopic (exact) mass is 270 g/mol. The highest BCUT2D eigenvalue weighted by Crippen LogP contribution is 2.26. The second-order valence-corrected chi connectivity index (χ2v) is 5.36. The van der Waals surface area contributed by atoms with Gasteiger partial charge in [0.05, 0.1) is 11.6 Å². The van der Waals surface area contributed by atoms with Crippen molar-refractivity contribution in [3.63, 3.8) is 0 Å². The minimum absolute atomic E-state index is 0.146. The predicted molar refractivity (Wildman–Crippen MR) is 77.5 cm³/mol. The Hall–Kier alpha value is -0.770. The first-order valence-electron chi connectivity index (χ1n) is 6.30. The van der Waals surface area contributed by atoms with E-state index in [1.54, 1.807) is 0 Å². The summed E-state index contributed by atoms with van der Waals surface area (Å²) < 4.78 is 5.66. The molecular weight excluding hydrogens is 248 g/mol. The third-order valence-electron chi connectivity index (χ3n) is 2.56. The highest BCUT2D eigenvalue weighted by molar-refractivity contribution is 6.32. The number of nitrogens with zero attached hydrogens (tertiary/aromatic N) is 1. The van der Waals surface area contributed by atoms with Gasteiger partial charge in [0, 0.05) is 12.6 Å². The van der Waals surface area contributed by atoms with Crippen molar-refractivity contribution >= 4 is 11.6 Å². The van der Waals surface area contributed by atoms with E-state index in [4.69, 9.17) is 22.1 Å². The number of nitrogens with two attached hydrogens (primary N) is 1. The Labute approximate surface area is 115 Å². The molecule has 0 heterocycles. The molecule has 102 valence electrons. The van der Waals surface area contributed by atoms with E-state index in [1.807, 2.05) is 25.1 Å². The summed E-state index contributed by atoms with van der Waals surface area (Å²) >= 11 is 6.18. The average molecular weight is 271 g/mol. The Kier molecular flexibility index (Phi) is 6.47. The van der Waals surface area contributed by atoms with E-state index in [2.05, 4.69) is 19.0 Å². The zero-order valence-electron chi connectivity index (χ0n) is 11.4. The number of ether oxygens (including phenoxy) is 1. The van der Waals surface area contributed by atoms with Crippen LogP contribution < -0.4 is 10.5 Å². The molecule has 0 saturated carbocycles. The molecule has 0 spiro atoms. The van der Waals surface area contributed by atoms with Crippen LogP contribution in [0.5, 0.6) is 5.75 Å². The summed E-state index contributed by atoms with van der Waals surface area (Å²) in [6, 6.07) is 6.03. The van der Waals surface area contributed by atoms with Gasteiger partial charge in [0.1, 0.15) is 5.75 Å². The molecule has 18 heavy (non-hydrogen) atoms. The van der Waals surface area contributed by atoms with E-state index in [0.717, 1.165) is 30.7 Å². The molecule has 0 aliphatic carbocycles. The zero-order chi connectivity index (χ0) is 13.5. The van der Waals surface area contributed by atoms with E-state index in [0.29, 0.717) is 11.6 Å². The lowest BCUT2D eigenvalue weighted by Gasteiger charge is -2.12. The number of halogens is 1. The highest BCUT2D eigenvalue weighted by atomic mass is 35.5. The Morgan fingerprint density at radius 1 is 1.39 bits per heavy atom. The van der Waals surface area contributed by atoms with Crippen molar-refractivity contribution in [1.82, 2.24) is 4.90 Å². The van der Waals surface area contributed by atoms with Gasteiger partial charge in [-0.2, -0.15) is 0 Å². The first kappa shape index (κ1) is 15.3. The molecular formula is C14H23ClN2O. The van der Waals surface area contributed by atoms with E-state index in [1.165, 1.54) is 0 Å². The second-order valence-electron chi connectivity index (χ2n) is 4.95. The van der Waals surface area contributed by atoms with Crippen molar-refractivity contribution in [1.29, 1.82) is 0 Å². The molecule has 2 N–H and O–H groups in total. The molecule has 0 aliphatic heterocycles. The van der Waals surface area contributed by atoms with Gasteiger partial charge in [-0.15, -0.1) is 0 Å². The molecule has 0 aliphatic rings. The van der Waals surface area contributed by atoms with Crippen LogP contribution in [0.3, 0.4) is 0 Å². The van der Waals surface area contributed by atoms with Crippen molar-refractivity contribution in [2.45, 2.75) is 25.8 Å². The maximum Gasteiger partial charge on any atom is 0.137 e. The molecule has 0 radical (unpaired) electrons. The van der Waals surface area contributed by atoms with E-state index < -0.39 is 0 Å². The molecule has 4 heteroatoms. The fourth-order valence-corrected chi connectivity index (χ4v) is 1.98. The molecule has 1 unspecified atom stereocenters. The van der Waals surface area contributed by atoms with Gasteiger partial charge in [0.25, 0.3) is 0 Å². The number of rotatable bonds is 7. The Balaban J connectivity index is 2.47. The number of benzene rings is 1. The van der Waals surface area contributed by atoms with E-state index in [9.17, 15) is 0 Å². The SMILES string of the molecule is CC(N)Cc1ccc(OCCCN(C)C)c(Cl)c1. The predicted octanol–water partition coefficient (Wildman–Crippen LogP) is 2.56. The van der Waals surface area contributed by atoms with Gasteiger partial charge in [-0.25, -0.2) is 0 Å². The lowest BCUT2D eigenvalue weighted by molar-refractivity contribution is 0.281. The topological polar surface area (TPSA) is 38.5 Å². The van der Waals surface area contributed by atoms with E-state index >= 15 is 0 Å². The van der Waals surface area contributed by atoms with Crippen LogP contribution in [0.25, 0.3) is 0 Å². The quantitative estimate of drug-likeness (QED) is 0.774. The van der Waals surface area contributed by atoms with Gasteiger partial charge in [-0.3, -0.25) is 0 Å². The van der Waals surface area contributed by atoms with Crippen LogP contribution in [-0.4, -0.2) is 38.2 Å². The molecule has 1 aromatic rings. The lowest BCUT2D eigenvalue weighted by atomic mass is 10.1. The third kappa shape index (κ3) is 5.71. The molecule has 0 saturated heterocycles. The third-order valence-corrected chi connectivity index (χ3v) is 2.86. The standard InChI is InChI=1S/C14H23ClN2O/c1-11(16)9-12-5-6-14(13(15)10-12)18-8-4-7-17(2)3/h5-6,10-11H,4,7-9,16H2,1-3H3. The minimum atomic E-state index is 0.146. The van der Waals surface area contributed by atoms with Gasteiger partial charge >= 0.3 is 0 Å². The summed E-state index contributed by atoms with van der Waals surface area (Å²) in [5.41, 5.74) is 6.91. The first-order chi connectivity index (χ1) is 8.49. The Bertz CT molecular complexity index is 367. The highest BCUT2D eigenvalue weighted by Gasteiger charge is 2.05. The van der Waals surface area contributed by atoms with Crippen molar-refractivity contribution in [3.05, 3.63) is 28.8 Å². The molecule has 1 rings (SSSR count). The fraction of sp³-hybridized carbons (Fsp3) is 0.571. The number of hydrogen-bond donors (Lipinski definition) is 1. The summed E-state index contributed by atoms with van der Waals surface area (Å²) in [6.07, 6.45) is 1.82. The largest absolute Gasteiger partial charge is 0.492 e. The fourth-order valence-electron chi connectivity index (χ4n) is 1.72. The van der Waals surface area contributed by atoms with Crippen molar-refractivity contribution < 1.29 is 4.74 Å². The molecule has 0 bridgehead atoms. The Morgan fingerprint density at radius 3 is 2.67 bits per heavy atom. The molecule has 0 aromatic heterocycles. The van der Waals surface area contributed by atoms with Crippen LogP contribution >= 0.6 is 11.6 Å². The molecule has 0 fully saturated rings. The number of hydrogen-bond acceptors (Lipinski definition) is 3. The minimum Gasteiger partial charge on any atom is -0.492 e. The van der Waals surface area contributed by atoms with Crippen LogP contribution in [-0.2, 0) is 6.42 Å². The summed E-state index contributed by atoms with van der Waals surface area (Å²) in [4.78, 5) is 2.14. The Morgan fingerprint density at radius 2 is 2.11 bits per heavy atom. The summed E-state index contributed by atoms with van der Waals surface area (Å²) in [6.45, 7) is 3.69. The summed E-state index contributed by atoms with van der Waals surface area (Å²) in [5.74, 6) is 0.754. The second kappa shape index (κ2) is 7.62.